The number of ether oxygens (including phenoxy) is 1. The van der Waals surface area contributed by atoms with E-state index < -0.39 is 28.4 Å². The molecular weight excluding hydrogens is 462 g/mol. The molecule has 0 aliphatic heterocycles. The fourth-order valence-corrected chi connectivity index (χ4v) is 4.30. The van der Waals surface area contributed by atoms with Crippen LogP contribution < -0.4 is 14.8 Å². The van der Waals surface area contributed by atoms with Gasteiger partial charge in [0.1, 0.15) is 28.9 Å². The molecule has 0 saturated heterocycles. The van der Waals surface area contributed by atoms with Crippen molar-refractivity contribution in [1.29, 1.82) is 0 Å². The number of hydrogen-bond donors (Lipinski definition) is 3. The molecule has 168 valence electrons. The Morgan fingerprint density at radius 3 is 2.62 bits per heavy atom. The number of anilines is 1. The minimum Gasteiger partial charge on any atom is -0.505 e. The first-order chi connectivity index (χ1) is 15.3. The molecule has 0 fully saturated rings. The lowest BCUT2D eigenvalue weighted by molar-refractivity contribution is -0.109. The Bertz CT molecular complexity index is 1180. The van der Waals surface area contributed by atoms with Crippen LogP contribution in [0.15, 0.2) is 53.4 Å². The van der Waals surface area contributed by atoms with Crippen molar-refractivity contribution in [1.82, 2.24) is 5.32 Å². The normalized spacial score (nSPS) is 11.6. The van der Waals surface area contributed by atoms with E-state index in [1.54, 1.807) is 31.2 Å². The molecule has 3 rings (SSSR count). The maximum atomic E-state index is 14.7. The quantitative estimate of drug-likeness (QED) is 0.309. The Kier molecular flexibility index (Phi) is 7.66. The molecule has 0 bridgehead atoms. The van der Waals surface area contributed by atoms with E-state index in [4.69, 9.17) is 16.3 Å². The molecular formula is C22H19ClF2N2O4S. The largest absolute Gasteiger partial charge is 0.505 e. The number of halogens is 3. The van der Waals surface area contributed by atoms with Gasteiger partial charge >= 0.3 is 0 Å². The van der Waals surface area contributed by atoms with Gasteiger partial charge in [-0.25, -0.2) is 13.0 Å². The van der Waals surface area contributed by atoms with E-state index in [-0.39, 0.29) is 34.3 Å². The number of aryl methyl sites for hydroxylation is 1. The maximum Gasteiger partial charge on any atom is 0.207 e. The summed E-state index contributed by atoms with van der Waals surface area (Å²) in [4.78, 5) is 10.3. The van der Waals surface area contributed by atoms with Crippen LogP contribution in [0, 0.1) is 18.6 Å². The van der Waals surface area contributed by atoms with Gasteiger partial charge in [0.15, 0.2) is 16.7 Å². The number of carbonyl (C=O) groups is 1. The summed E-state index contributed by atoms with van der Waals surface area (Å²) >= 11 is 5.93. The minimum atomic E-state index is -2.08. The first-order valence-corrected chi connectivity index (χ1v) is 10.9. The summed E-state index contributed by atoms with van der Waals surface area (Å²) in [5, 5.41) is 12.6. The number of benzene rings is 3. The lowest BCUT2D eigenvalue weighted by atomic mass is 10.0. The molecule has 10 heteroatoms. The van der Waals surface area contributed by atoms with Gasteiger partial charge in [-0.15, -0.1) is 0 Å². The van der Waals surface area contributed by atoms with Gasteiger partial charge in [0.2, 0.25) is 6.41 Å². The highest BCUT2D eigenvalue weighted by Gasteiger charge is 2.19. The van der Waals surface area contributed by atoms with Crippen LogP contribution in [0.5, 0.6) is 11.5 Å². The standard InChI is InChI=1S/C22H19ClF2N2O4S/c1-13-8-16(23)22(29)21(9-13)32(30)27-19-10-15(17(24)11-18(19)25)14-4-2-3-5-20(14)31-7-6-26-12-28/h2-5,8-12,27,29H,6-7H2,1H3,(H,26,28). The summed E-state index contributed by atoms with van der Waals surface area (Å²) in [5.74, 6) is -1.89. The van der Waals surface area contributed by atoms with Crippen LogP contribution in [0.4, 0.5) is 14.5 Å². The smallest absolute Gasteiger partial charge is 0.207 e. The van der Waals surface area contributed by atoms with Crippen molar-refractivity contribution in [3.05, 3.63) is 70.8 Å². The van der Waals surface area contributed by atoms with Crippen molar-refractivity contribution in [2.75, 3.05) is 17.9 Å². The SMILES string of the molecule is Cc1cc(Cl)c(O)c(S(=O)Nc2cc(-c3ccccc3OCCNC=O)c(F)cc2F)c1. The van der Waals surface area contributed by atoms with Gasteiger partial charge in [-0.2, -0.15) is 0 Å². The predicted molar refractivity (Wildman–Crippen MR) is 119 cm³/mol. The van der Waals surface area contributed by atoms with E-state index in [2.05, 4.69) is 10.0 Å². The summed E-state index contributed by atoms with van der Waals surface area (Å²) in [6, 6.07) is 11.3. The number of para-hydroxylation sites is 1. The second kappa shape index (κ2) is 10.4. The number of amides is 1. The molecule has 1 amide bonds. The molecule has 0 aliphatic carbocycles. The topological polar surface area (TPSA) is 87.7 Å². The van der Waals surface area contributed by atoms with Gasteiger partial charge in [-0.3, -0.25) is 9.52 Å². The zero-order valence-electron chi connectivity index (χ0n) is 16.8. The van der Waals surface area contributed by atoms with Crippen molar-refractivity contribution < 1.29 is 27.6 Å². The number of phenols is 1. The molecule has 32 heavy (non-hydrogen) atoms. The van der Waals surface area contributed by atoms with Crippen LogP contribution in [0.25, 0.3) is 11.1 Å². The molecule has 0 heterocycles. The average molecular weight is 481 g/mol. The van der Waals surface area contributed by atoms with Crippen molar-refractivity contribution in [2.45, 2.75) is 11.8 Å². The van der Waals surface area contributed by atoms with Gasteiger partial charge in [0.05, 0.1) is 17.3 Å². The van der Waals surface area contributed by atoms with E-state index >= 15 is 0 Å². The molecule has 1 atom stereocenters. The highest BCUT2D eigenvalue weighted by atomic mass is 35.5. The third-order valence-corrected chi connectivity index (χ3v) is 5.80. The summed E-state index contributed by atoms with van der Waals surface area (Å²) in [6.45, 7) is 2.09. The van der Waals surface area contributed by atoms with E-state index in [9.17, 15) is 22.9 Å². The summed E-state index contributed by atoms with van der Waals surface area (Å²) in [7, 11) is -2.08. The number of carbonyl (C=O) groups excluding carboxylic acids is 1. The highest BCUT2D eigenvalue weighted by Crippen LogP contribution is 2.36. The second-order valence-electron chi connectivity index (χ2n) is 6.69. The summed E-state index contributed by atoms with van der Waals surface area (Å²) < 4.78 is 49.9. The molecule has 0 spiro atoms. The Hall–Kier alpha value is -3.17. The number of hydrogen-bond acceptors (Lipinski definition) is 4. The monoisotopic (exact) mass is 480 g/mol. The molecule has 6 nitrogen and oxygen atoms in total. The lowest BCUT2D eigenvalue weighted by Gasteiger charge is -2.15. The molecule has 0 saturated carbocycles. The Morgan fingerprint density at radius 1 is 1.12 bits per heavy atom. The Balaban J connectivity index is 1.94. The molecule has 3 aromatic carbocycles. The summed E-state index contributed by atoms with van der Waals surface area (Å²) in [5.41, 5.74) is 0.755. The fourth-order valence-electron chi connectivity index (χ4n) is 2.93. The van der Waals surface area contributed by atoms with Crippen LogP contribution in [0.1, 0.15) is 5.56 Å². The number of aromatic hydroxyl groups is 1. The first-order valence-electron chi connectivity index (χ1n) is 9.37. The van der Waals surface area contributed by atoms with Crippen LogP contribution in [-0.4, -0.2) is 28.9 Å². The van der Waals surface area contributed by atoms with Gasteiger partial charge in [-0.1, -0.05) is 29.8 Å². The molecule has 1 unspecified atom stereocenters. The van der Waals surface area contributed by atoms with Crippen molar-refractivity contribution in [2.24, 2.45) is 0 Å². The summed E-state index contributed by atoms with van der Waals surface area (Å²) in [6.07, 6.45) is 0.534. The van der Waals surface area contributed by atoms with Gasteiger partial charge in [0, 0.05) is 17.2 Å². The Labute approximate surface area is 190 Å². The lowest BCUT2D eigenvalue weighted by Crippen LogP contribution is -2.19. The van der Waals surface area contributed by atoms with Crippen molar-refractivity contribution >= 4 is 34.7 Å². The van der Waals surface area contributed by atoms with E-state index in [1.807, 2.05) is 0 Å². The van der Waals surface area contributed by atoms with Crippen LogP contribution in [-0.2, 0) is 15.8 Å². The highest BCUT2D eigenvalue weighted by molar-refractivity contribution is 7.86. The minimum absolute atomic E-state index is 0.00515. The van der Waals surface area contributed by atoms with Crippen LogP contribution in [0.2, 0.25) is 5.02 Å². The average Bonchev–Trinajstić information content (AvgIpc) is 2.76. The maximum absolute atomic E-state index is 14.7. The zero-order valence-corrected chi connectivity index (χ0v) is 18.4. The number of rotatable bonds is 9. The van der Waals surface area contributed by atoms with E-state index in [1.165, 1.54) is 18.2 Å². The van der Waals surface area contributed by atoms with Crippen LogP contribution >= 0.6 is 11.6 Å². The van der Waals surface area contributed by atoms with Gasteiger partial charge in [-0.05, 0) is 36.8 Å². The molecule has 0 aromatic heterocycles. The van der Waals surface area contributed by atoms with Crippen molar-refractivity contribution in [3.8, 4) is 22.6 Å². The first kappa shape index (κ1) is 23.5. The molecule has 0 aliphatic rings. The van der Waals surface area contributed by atoms with Crippen molar-refractivity contribution in [3.63, 3.8) is 0 Å². The molecule has 0 radical (unpaired) electrons. The number of nitrogens with one attached hydrogen (secondary N) is 2. The fraction of sp³-hybridized carbons (Fsp3) is 0.136. The number of phenolic OH excluding ortho intramolecular Hbond substituents is 1. The predicted octanol–water partition coefficient (Wildman–Crippen LogP) is 4.56. The van der Waals surface area contributed by atoms with Gasteiger partial charge in [0.25, 0.3) is 0 Å². The Morgan fingerprint density at radius 2 is 1.88 bits per heavy atom. The van der Waals surface area contributed by atoms with E-state index in [0.717, 1.165) is 0 Å². The third-order valence-electron chi connectivity index (χ3n) is 4.40. The van der Waals surface area contributed by atoms with Crippen LogP contribution in [0.3, 0.4) is 0 Å². The molecule has 3 aromatic rings. The third kappa shape index (κ3) is 5.35. The van der Waals surface area contributed by atoms with E-state index in [0.29, 0.717) is 29.4 Å². The molecule has 3 N–H and O–H groups in total. The second-order valence-corrected chi connectivity index (χ2v) is 8.28. The van der Waals surface area contributed by atoms with Gasteiger partial charge < -0.3 is 15.2 Å². The zero-order chi connectivity index (χ0) is 23.3.